The largest absolute Gasteiger partial charge is 0.372 e. The Balaban J connectivity index is 1.93. The minimum atomic E-state index is -0.344. The van der Waals surface area contributed by atoms with Crippen molar-refractivity contribution in [3.63, 3.8) is 0 Å². The van der Waals surface area contributed by atoms with Gasteiger partial charge in [-0.1, -0.05) is 6.07 Å². The highest BCUT2D eigenvalue weighted by molar-refractivity contribution is 5.54. The Morgan fingerprint density at radius 3 is 2.75 bits per heavy atom. The zero-order valence-electron chi connectivity index (χ0n) is 13.8. The SMILES string of the molecule is CC(C)N(CC1=CNCN1)c1ccc(-n2ccccc2=O)cc1F. The summed E-state index contributed by atoms with van der Waals surface area (Å²) in [4.78, 5) is 13.9. The van der Waals surface area contributed by atoms with Gasteiger partial charge in [-0.15, -0.1) is 0 Å². The Hall–Kier alpha value is -2.76. The molecule has 0 radical (unpaired) electrons. The lowest BCUT2D eigenvalue weighted by atomic mass is 10.2. The van der Waals surface area contributed by atoms with E-state index in [1.165, 1.54) is 16.7 Å². The molecule has 0 amide bonds. The molecule has 24 heavy (non-hydrogen) atoms. The van der Waals surface area contributed by atoms with Crippen molar-refractivity contribution >= 4 is 5.69 Å². The molecule has 1 aliphatic heterocycles. The van der Waals surface area contributed by atoms with Gasteiger partial charge >= 0.3 is 0 Å². The minimum Gasteiger partial charge on any atom is -0.372 e. The van der Waals surface area contributed by atoms with Crippen LogP contribution < -0.4 is 21.1 Å². The van der Waals surface area contributed by atoms with Crippen LogP contribution in [0.15, 0.2) is 59.3 Å². The number of halogens is 1. The summed E-state index contributed by atoms with van der Waals surface area (Å²) < 4.78 is 16.2. The fourth-order valence-corrected chi connectivity index (χ4v) is 2.74. The molecule has 2 heterocycles. The number of hydrogen-bond donors (Lipinski definition) is 2. The van der Waals surface area contributed by atoms with E-state index in [0.29, 0.717) is 24.6 Å². The van der Waals surface area contributed by atoms with Gasteiger partial charge in [0.15, 0.2) is 0 Å². The number of rotatable bonds is 5. The molecule has 1 aliphatic rings. The summed E-state index contributed by atoms with van der Waals surface area (Å²) in [5, 5.41) is 6.30. The lowest BCUT2D eigenvalue weighted by Gasteiger charge is -2.30. The maximum Gasteiger partial charge on any atom is 0.255 e. The van der Waals surface area contributed by atoms with Crippen LogP contribution in [0.1, 0.15) is 13.8 Å². The second-order valence-electron chi connectivity index (χ2n) is 5.99. The van der Waals surface area contributed by atoms with Crippen molar-refractivity contribution in [1.29, 1.82) is 0 Å². The van der Waals surface area contributed by atoms with Gasteiger partial charge in [0.1, 0.15) is 5.82 Å². The molecule has 3 rings (SSSR count). The van der Waals surface area contributed by atoms with Crippen LogP contribution in [-0.2, 0) is 0 Å². The van der Waals surface area contributed by atoms with Crippen LogP contribution in [0.5, 0.6) is 0 Å². The predicted octanol–water partition coefficient (Wildman–Crippen LogP) is 2.18. The monoisotopic (exact) mass is 328 g/mol. The molecule has 0 bridgehead atoms. The Labute approximate surface area is 140 Å². The minimum absolute atomic E-state index is 0.132. The van der Waals surface area contributed by atoms with Crippen LogP contribution in [0.4, 0.5) is 10.1 Å². The smallest absolute Gasteiger partial charge is 0.255 e. The second kappa shape index (κ2) is 6.78. The maximum atomic E-state index is 14.7. The Bertz CT molecular complexity index is 813. The Kier molecular flexibility index (Phi) is 4.55. The van der Waals surface area contributed by atoms with E-state index in [1.54, 1.807) is 30.5 Å². The van der Waals surface area contributed by atoms with E-state index in [-0.39, 0.29) is 17.4 Å². The number of pyridine rings is 1. The van der Waals surface area contributed by atoms with Crippen LogP contribution in [0.25, 0.3) is 5.69 Å². The summed E-state index contributed by atoms with van der Waals surface area (Å²) >= 11 is 0. The first kappa shape index (κ1) is 16.1. The van der Waals surface area contributed by atoms with Gasteiger partial charge in [0.05, 0.1) is 24.6 Å². The lowest BCUT2D eigenvalue weighted by molar-refractivity contribution is 0.602. The first-order valence-corrected chi connectivity index (χ1v) is 7.97. The van der Waals surface area contributed by atoms with Crippen molar-refractivity contribution < 1.29 is 4.39 Å². The van der Waals surface area contributed by atoms with Crippen molar-refractivity contribution in [2.75, 3.05) is 18.1 Å². The van der Waals surface area contributed by atoms with Crippen molar-refractivity contribution in [3.05, 3.63) is 70.7 Å². The van der Waals surface area contributed by atoms with Crippen molar-refractivity contribution in [3.8, 4) is 5.69 Å². The molecule has 0 atom stereocenters. The number of aromatic nitrogens is 1. The summed E-state index contributed by atoms with van der Waals surface area (Å²) in [6.45, 7) is 5.34. The number of nitrogens with zero attached hydrogens (tertiary/aromatic N) is 2. The highest BCUT2D eigenvalue weighted by Crippen LogP contribution is 2.24. The molecule has 1 aromatic heterocycles. The molecular formula is C18H21FN4O. The van der Waals surface area contributed by atoms with Gasteiger partial charge in [-0.25, -0.2) is 4.39 Å². The molecule has 126 valence electrons. The maximum absolute atomic E-state index is 14.7. The van der Waals surface area contributed by atoms with Crippen molar-refractivity contribution in [2.24, 2.45) is 0 Å². The molecule has 2 N–H and O–H groups in total. The van der Waals surface area contributed by atoms with Crippen LogP contribution >= 0.6 is 0 Å². The summed E-state index contributed by atoms with van der Waals surface area (Å²) in [6.07, 6.45) is 3.54. The van der Waals surface area contributed by atoms with Gasteiger partial charge < -0.3 is 15.5 Å². The van der Waals surface area contributed by atoms with E-state index in [4.69, 9.17) is 0 Å². The van der Waals surface area contributed by atoms with Gasteiger partial charge in [-0.05, 0) is 32.0 Å². The Morgan fingerprint density at radius 2 is 2.12 bits per heavy atom. The molecule has 0 aliphatic carbocycles. The summed E-state index contributed by atoms with van der Waals surface area (Å²) in [5.41, 5.74) is 1.88. The zero-order chi connectivity index (χ0) is 17.1. The molecule has 0 saturated heterocycles. The summed E-state index contributed by atoms with van der Waals surface area (Å²) in [7, 11) is 0. The fraction of sp³-hybridized carbons (Fsp3) is 0.278. The van der Waals surface area contributed by atoms with E-state index >= 15 is 0 Å². The van der Waals surface area contributed by atoms with E-state index in [1.807, 2.05) is 24.9 Å². The average molecular weight is 328 g/mol. The Morgan fingerprint density at radius 1 is 1.29 bits per heavy atom. The summed E-state index contributed by atoms with van der Waals surface area (Å²) in [6, 6.07) is 9.90. The molecule has 1 aromatic carbocycles. The molecule has 2 aromatic rings. The molecular weight excluding hydrogens is 307 g/mol. The number of nitrogens with one attached hydrogen (secondary N) is 2. The standard InChI is InChI=1S/C18H21FN4O/c1-13(2)23(11-14-10-20-12-21-14)17-7-6-15(9-16(17)19)22-8-4-3-5-18(22)24/h3-10,13,20-21H,11-12H2,1-2H3. The second-order valence-corrected chi connectivity index (χ2v) is 5.99. The molecule has 0 spiro atoms. The molecule has 0 saturated carbocycles. The molecule has 0 fully saturated rings. The van der Waals surface area contributed by atoms with Gasteiger partial charge in [-0.2, -0.15) is 0 Å². The summed E-state index contributed by atoms with van der Waals surface area (Å²) in [5.74, 6) is -0.344. The van der Waals surface area contributed by atoms with E-state index < -0.39 is 0 Å². The van der Waals surface area contributed by atoms with E-state index in [2.05, 4.69) is 10.6 Å². The number of hydrogen-bond acceptors (Lipinski definition) is 4. The van der Waals surface area contributed by atoms with Crippen molar-refractivity contribution in [2.45, 2.75) is 19.9 Å². The third-order valence-electron chi connectivity index (χ3n) is 4.00. The van der Waals surface area contributed by atoms with Gasteiger partial charge in [0.25, 0.3) is 5.56 Å². The van der Waals surface area contributed by atoms with Gasteiger partial charge in [0, 0.05) is 36.3 Å². The van der Waals surface area contributed by atoms with Crippen LogP contribution in [0, 0.1) is 5.82 Å². The van der Waals surface area contributed by atoms with Crippen LogP contribution in [-0.4, -0.2) is 23.8 Å². The van der Waals surface area contributed by atoms with E-state index in [0.717, 1.165) is 5.70 Å². The quantitative estimate of drug-likeness (QED) is 0.883. The third-order valence-corrected chi connectivity index (χ3v) is 4.00. The topological polar surface area (TPSA) is 49.3 Å². The molecule has 0 unspecified atom stereocenters. The first-order valence-electron chi connectivity index (χ1n) is 7.97. The third kappa shape index (κ3) is 3.27. The zero-order valence-corrected chi connectivity index (χ0v) is 13.8. The fourth-order valence-electron chi connectivity index (χ4n) is 2.74. The van der Waals surface area contributed by atoms with Crippen LogP contribution in [0.2, 0.25) is 0 Å². The number of benzene rings is 1. The lowest BCUT2D eigenvalue weighted by Crippen LogP contribution is -2.35. The highest BCUT2D eigenvalue weighted by atomic mass is 19.1. The number of anilines is 1. The van der Waals surface area contributed by atoms with Gasteiger partial charge in [0.2, 0.25) is 0 Å². The average Bonchev–Trinajstić information content (AvgIpc) is 3.06. The molecule has 5 nitrogen and oxygen atoms in total. The van der Waals surface area contributed by atoms with E-state index in [9.17, 15) is 9.18 Å². The van der Waals surface area contributed by atoms with Crippen molar-refractivity contribution in [1.82, 2.24) is 15.2 Å². The predicted molar refractivity (Wildman–Crippen MR) is 93.7 cm³/mol. The highest BCUT2D eigenvalue weighted by Gasteiger charge is 2.18. The van der Waals surface area contributed by atoms with Crippen LogP contribution in [0.3, 0.4) is 0 Å². The first-order chi connectivity index (χ1) is 11.6. The normalized spacial score (nSPS) is 13.4. The van der Waals surface area contributed by atoms with Gasteiger partial charge in [-0.3, -0.25) is 9.36 Å². The molecule has 6 heteroatoms.